The molecule has 1 unspecified atom stereocenters. The van der Waals surface area contributed by atoms with Gasteiger partial charge in [0, 0.05) is 11.3 Å². The lowest BCUT2D eigenvalue weighted by Gasteiger charge is -2.36. The molecule has 4 rings (SSSR count). The van der Waals surface area contributed by atoms with E-state index in [9.17, 15) is 19.1 Å². The first kappa shape index (κ1) is 29.1. The van der Waals surface area contributed by atoms with Crippen LogP contribution < -0.4 is 14.8 Å². The summed E-state index contributed by atoms with van der Waals surface area (Å²) in [6.45, 7) is 4.03. The van der Waals surface area contributed by atoms with Gasteiger partial charge in [0.1, 0.15) is 29.5 Å². The second-order valence-electron chi connectivity index (χ2n) is 11.1. The van der Waals surface area contributed by atoms with Crippen molar-refractivity contribution in [1.82, 2.24) is 0 Å². The molecule has 2 N–H and O–H groups in total. The number of anilines is 1. The van der Waals surface area contributed by atoms with Gasteiger partial charge in [-0.2, -0.15) is 0 Å². The SMILES string of the molecule is COc1ccc(CCCC(O)(CC(C)(C)Cc2cc(F)ccc2OC)C(=O)Nc2ccc3c(c2)COC3=O)cc1. The number of carbonyl (C=O) groups is 2. The highest BCUT2D eigenvalue weighted by Gasteiger charge is 2.41. The number of ether oxygens (including phenoxy) is 3. The number of fused-ring (bicyclic) bond motifs is 1. The van der Waals surface area contributed by atoms with Crippen LogP contribution in [0.4, 0.5) is 10.1 Å². The molecule has 8 heteroatoms. The molecule has 0 radical (unpaired) electrons. The molecule has 40 heavy (non-hydrogen) atoms. The molecule has 1 aliphatic rings. The molecule has 0 spiro atoms. The van der Waals surface area contributed by atoms with E-state index in [0.29, 0.717) is 47.4 Å². The summed E-state index contributed by atoms with van der Waals surface area (Å²) in [6, 6.07) is 17.0. The lowest BCUT2D eigenvalue weighted by molar-refractivity contribution is -0.138. The molecule has 3 aromatic carbocycles. The number of aryl methyl sites for hydroxylation is 1. The molecule has 0 fully saturated rings. The number of hydrogen-bond donors (Lipinski definition) is 2. The molecule has 7 nitrogen and oxygen atoms in total. The zero-order valence-electron chi connectivity index (χ0n) is 23.4. The van der Waals surface area contributed by atoms with Crippen molar-refractivity contribution in [1.29, 1.82) is 0 Å². The minimum absolute atomic E-state index is 0.126. The van der Waals surface area contributed by atoms with Gasteiger partial charge in [-0.15, -0.1) is 0 Å². The molecule has 0 saturated heterocycles. The summed E-state index contributed by atoms with van der Waals surface area (Å²) in [5, 5.41) is 14.8. The molecule has 3 aromatic rings. The van der Waals surface area contributed by atoms with Crippen LogP contribution in [0.2, 0.25) is 0 Å². The number of nitrogens with one attached hydrogen (secondary N) is 1. The van der Waals surface area contributed by atoms with Gasteiger partial charge in [0.05, 0.1) is 19.8 Å². The number of halogens is 1. The monoisotopic (exact) mass is 549 g/mol. The number of carbonyl (C=O) groups excluding carboxylic acids is 2. The highest BCUT2D eigenvalue weighted by Crippen LogP contribution is 2.38. The number of aliphatic hydroxyl groups is 1. The zero-order valence-corrected chi connectivity index (χ0v) is 23.4. The fourth-order valence-electron chi connectivity index (χ4n) is 5.37. The van der Waals surface area contributed by atoms with Gasteiger partial charge in [-0.1, -0.05) is 26.0 Å². The number of rotatable bonds is 12. The van der Waals surface area contributed by atoms with E-state index in [-0.39, 0.29) is 25.3 Å². The van der Waals surface area contributed by atoms with Crippen molar-refractivity contribution in [3.8, 4) is 11.5 Å². The first-order valence-electron chi connectivity index (χ1n) is 13.3. The average molecular weight is 550 g/mol. The smallest absolute Gasteiger partial charge is 0.338 e. The third-order valence-corrected chi connectivity index (χ3v) is 7.26. The van der Waals surface area contributed by atoms with Crippen LogP contribution in [0.3, 0.4) is 0 Å². The van der Waals surface area contributed by atoms with Gasteiger partial charge < -0.3 is 24.6 Å². The number of amides is 1. The van der Waals surface area contributed by atoms with Crippen molar-refractivity contribution in [3.63, 3.8) is 0 Å². The number of methoxy groups -OCH3 is 2. The molecule has 1 aliphatic heterocycles. The third-order valence-electron chi connectivity index (χ3n) is 7.26. The topological polar surface area (TPSA) is 94.1 Å². The number of esters is 1. The highest BCUT2D eigenvalue weighted by molar-refractivity contribution is 5.99. The van der Waals surface area contributed by atoms with Crippen LogP contribution in [0.5, 0.6) is 11.5 Å². The molecule has 1 heterocycles. The number of hydrogen-bond acceptors (Lipinski definition) is 6. The summed E-state index contributed by atoms with van der Waals surface area (Å²) in [4.78, 5) is 25.5. The minimum atomic E-state index is -1.72. The summed E-state index contributed by atoms with van der Waals surface area (Å²) in [6.07, 6.45) is 1.94. The van der Waals surface area contributed by atoms with Crippen molar-refractivity contribution in [3.05, 3.63) is 88.7 Å². The maximum atomic E-state index is 14.1. The molecular weight excluding hydrogens is 513 g/mol. The van der Waals surface area contributed by atoms with Crippen LogP contribution in [0.25, 0.3) is 0 Å². The predicted molar refractivity (Wildman–Crippen MR) is 150 cm³/mol. The second-order valence-corrected chi connectivity index (χ2v) is 11.1. The fraction of sp³-hybridized carbons (Fsp3) is 0.375. The zero-order chi connectivity index (χ0) is 28.9. The summed E-state index contributed by atoms with van der Waals surface area (Å²) < 4.78 is 29.8. The summed E-state index contributed by atoms with van der Waals surface area (Å²) in [7, 11) is 3.14. The van der Waals surface area contributed by atoms with Gasteiger partial charge in [0.25, 0.3) is 5.91 Å². The molecule has 1 amide bonds. The van der Waals surface area contributed by atoms with Crippen LogP contribution in [0.15, 0.2) is 60.7 Å². The second kappa shape index (κ2) is 12.1. The lowest BCUT2D eigenvalue weighted by atomic mass is 9.74. The Hall–Kier alpha value is -3.91. The lowest BCUT2D eigenvalue weighted by Crippen LogP contribution is -2.46. The Bertz CT molecular complexity index is 1370. The first-order chi connectivity index (χ1) is 19.0. The standard InChI is InChI=1S/C32H36FNO6/c1-31(2,18-22-16-24(33)9-14-28(22)39-4)20-32(37,15-5-6-21-7-11-26(38-3)12-8-21)30(36)34-25-10-13-27-23(17-25)19-40-29(27)35/h7-14,16-17,37H,5-6,15,18-20H2,1-4H3,(H,34,36). The van der Waals surface area contributed by atoms with E-state index in [2.05, 4.69) is 5.32 Å². The van der Waals surface area contributed by atoms with E-state index in [0.717, 1.165) is 11.3 Å². The van der Waals surface area contributed by atoms with Crippen molar-refractivity contribution >= 4 is 17.6 Å². The van der Waals surface area contributed by atoms with Crippen molar-refractivity contribution in [2.75, 3.05) is 19.5 Å². The largest absolute Gasteiger partial charge is 0.497 e. The van der Waals surface area contributed by atoms with Crippen LogP contribution in [-0.2, 0) is 29.0 Å². The van der Waals surface area contributed by atoms with Crippen LogP contribution in [0, 0.1) is 11.2 Å². The van der Waals surface area contributed by atoms with Crippen LogP contribution in [0.1, 0.15) is 60.2 Å². The van der Waals surface area contributed by atoms with Crippen molar-refractivity contribution < 1.29 is 33.3 Å². The third kappa shape index (κ3) is 6.99. The maximum Gasteiger partial charge on any atom is 0.338 e. The van der Waals surface area contributed by atoms with Gasteiger partial charge in [-0.3, -0.25) is 4.79 Å². The summed E-state index contributed by atoms with van der Waals surface area (Å²) in [5.74, 6) is 0.00907. The first-order valence-corrected chi connectivity index (χ1v) is 13.3. The Morgan fingerprint density at radius 3 is 2.50 bits per heavy atom. The van der Waals surface area contributed by atoms with Crippen molar-refractivity contribution in [2.45, 2.75) is 58.2 Å². The molecule has 0 aromatic heterocycles. The Labute approximate surface area is 234 Å². The van der Waals surface area contributed by atoms with E-state index in [1.807, 2.05) is 38.1 Å². The van der Waals surface area contributed by atoms with Crippen LogP contribution >= 0.6 is 0 Å². The fourth-order valence-corrected chi connectivity index (χ4v) is 5.37. The van der Waals surface area contributed by atoms with E-state index >= 15 is 0 Å². The summed E-state index contributed by atoms with van der Waals surface area (Å²) in [5.41, 5.74) is 1.04. The normalized spacial score (nSPS) is 14.2. The van der Waals surface area contributed by atoms with Crippen LogP contribution in [-0.4, -0.2) is 36.8 Å². The van der Waals surface area contributed by atoms with E-state index in [4.69, 9.17) is 14.2 Å². The highest BCUT2D eigenvalue weighted by atomic mass is 19.1. The molecule has 0 aliphatic carbocycles. The van der Waals surface area contributed by atoms with Gasteiger partial charge in [-0.25, -0.2) is 9.18 Å². The van der Waals surface area contributed by atoms with Gasteiger partial charge in [-0.05, 0) is 97.2 Å². The number of benzene rings is 3. The average Bonchev–Trinajstić information content (AvgIpc) is 3.28. The summed E-state index contributed by atoms with van der Waals surface area (Å²) >= 11 is 0. The molecule has 1 atom stereocenters. The molecule has 212 valence electrons. The van der Waals surface area contributed by atoms with Gasteiger partial charge >= 0.3 is 5.97 Å². The van der Waals surface area contributed by atoms with Gasteiger partial charge in [0.2, 0.25) is 0 Å². The van der Waals surface area contributed by atoms with Crippen molar-refractivity contribution in [2.24, 2.45) is 5.41 Å². The number of cyclic esters (lactones) is 1. The molecule has 0 bridgehead atoms. The quantitative estimate of drug-likeness (QED) is 0.275. The Balaban J connectivity index is 1.54. The van der Waals surface area contributed by atoms with E-state index < -0.39 is 22.9 Å². The molecule has 0 saturated carbocycles. The maximum absolute atomic E-state index is 14.1. The minimum Gasteiger partial charge on any atom is -0.497 e. The van der Waals surface area contributed by atoms with E-state index in [1.54, 1.807) is 31.4 Å². The molecular formula is C32H36FNO6. The Morgan fingerprint density at radius 2 is 1.80 bits per heavy atom. The Morgan fingerprint density at radius 1 is 1.05 bits per heavy atom. The van der Waals surface area contributed by atoms with E-state index in [1.165, 1.54) is 19.2 Å². The Kier molecular flexibility index (Phi) is 8.79. The predicted octanol–water partition coefficient (Wildman–Crippen LogP) is 5.86. The van der Waals surface area contributed by atoms with Gasteiger partial charge in [0.15, 0.2) is 0 Å².